The molecule has 0 heterocycles. The highest BCUT2D eigenvalue weighted by molar-refractivity contribution is 5.73. The number of rotatable bonds is 3. The Bertz CT molecular complexity index is 149. The zero-order chi connectivity index (χ0) is 8.85. The topological polar surface area (TPSA) is 79.0 Å². The molecule has 0 fully saturated rings. The molecule has 0 saturated carbocycles. The lowest BCUT2D eigenvalue weighted by molar-refractivity contribution is 0.175. The first-order chi connectivity index (χ1) is 5.13. The SMILES string of the molecule is CN(CCN)C(=O)N(C)N=O. The van der Waals surface area contributed by atoms with Gasteiger partial charge in [-0.1, -0.05) is 0 Å². The standard InChI is InChI=1S/C5H12N4O2/c1-8(4-3-6)5(10)9(2)7-11/h3-4,6H2,1-2H3. The van der Waals surface area contributed by atoms with E-state index in [1.54, 1.807) is 7.05 Å². The van der Waals surface area contributed by atoms with Crippen LogP contribution >= 0.6 is 0 Å². The Morgan fingerprint density at radius 2 is 2.09 bits per heavy atom. The normalized spacial score (nSPS) is 9.00. The van der Waals surface area contributed by atoms with E-state index in [1.165, 1.54) is 11.9 Å². The van der Waals surface area contributed by atoms with Crippen LogP contribution < -0.4 is 5.73 Å². The largest absolute Gasteiger partial charge is 0.342 e. The second-order valence-electron chi connectivity index (χ2n) is 2.10. The monoisotopic (exact) mass is 160 g/mol. The van der Waals surface area contributed by atoms with Crippen molar-refractivity contribution in [1.29, 1.82) is 0 Å². The number of carbonyl (C=O) groups excluding carboxylic acids is 1. The molecule has 2 amide bonds. The molecule has 11 heavy (non-hydrogen) atoms. The Balaban J connectivity index is 3.90. The average molecular weight is 160 g/mol. The van der Waals surface area contributed by atoms with Crippen LogP contribution in [0.25, 0.3) is 0 Å². The first-order valence-corrected chi connectivity index (χ1v) is 3.15. The molecule has 0 aromatic heterocycles. The number of amides is 2. The average Bonchev–Trinajstić information content (AvgIpc) is 2.02. The Kier molecular flexibility index (Phi) is 4.12. The van der Waals surface area contributed by atoms with E-state index >= 15 is 0 Å². The third-order valence-electron chi connectivity index (χ3n) is 1.19. The van der Waals surface area contributed by atoms with E-state index in [9.17, 15) is 9.70 Å². The van der Waals surface area contributed by atoms with Crippen molar-refractivity contribution >= 4 is 6.03 Å². The maximum absolute atomic E-state index is 11.0. The number of nitroso groups, excluding NO2 is 1. The molecule has 0 saturated heterocycles. The number of nitrogens with two attached hydrogens (primary N) is 1. The number of likely N-dealkylation sites (N-methyl/N-ethyl adjacent to an activating group) is 1. The van der Waals surface area contributed by atoms with E-state index in [4.69, 9.17) is 5.73 Å². The molecule has 0 aromatic carbocycles. The summed E-state index contributed by atoms with van der Waals surface area (Å²) in [7, 11) is 2.85. The van der Waals surface area contributed by atoms with Crippen LogP contribution in [0.5, 0.6) is 0 Å². The van der Waals surface area contributed by atoms with Gasteiger partial charge >= 0.3 is 6.03 Å². The fourth-order valence-electron chi connectivity index (χ4n) is 0.571. The fourth-order valence-corrected chi connectivity index (χ4v) is 0.571. The summed E-state index contributed by atoms with van der Waals surface area (Å²) >= 11 is 0. The van der Waals surface area contributed by atoms with Gasteiger partial charge < -0.3 is 10.6 Å². The van der Waals surface area contributed by atoms with Crippen molar-refractivity contribution in [3.8, 4) is 0 Å². The number of nitrogens with zero attached hydrogens (tertiary/aromatic N) is 3. The van der Waals surface area contributed by atoms with Gasteiger partial charge in [0.25, 0.3) is 0 Å². The lowest BCUT2D eigenvalue weighted by atomic mass is 10.6. The molecule has 0 spiro atoms. The lowest BCUT2D eigenvalue weighted by Gasteiger charge is -2.17. The minimum absolute atomic E-state index is 0.370. The van der Waals surface area contributed by atoms with E-state index in [1.807, 2.05) is 0 Å². The minimum Gasteiger partial charge on any atom is -0.329 e. The summed E-state index contributed by atoms with van der Waals surface area (Å²) in [6.45, 7) is 0.785. The van der Waals surface area contributed by atoms with Crippen LogP contribution in [0.4, 0.5) is 4.79 Å². The molecular weight excluding hydrogens is 148 g/mol. The summed E-state index contributed by atoms with van der Waals surface area (Å²) in [5, 5.41) is 3.16. The molecule has 2 N–H and O–H groups in total. The molecule has 0 aliphatic rings. The molecule has 0 aliphatic carbocycles. The second kappa shape index (κ2) is 4.62. The molecule has 0 aliphatic heterocycles. The minimum atomic E-state index is -0.453. The van der Waals surface area contributed by atoms with Crippen molar-refractivity contribution in [2.45, 2.75) is 0 Å². The number of carbonyl (C=O) groups is 1. The molecule has 0 atom stereocenters. The Morgan fingerprint density at radius 1 is 1.55 bits per heavy atom. The summed E-state index contributed by atoms with van der Waals surface area (Å²) in [5.74, 6) is 0. The van der Waals surface area contributed by atoms with Crippen molar-refractivity contribution in [2.75, 3.05) is 27.2 Å². The number of hydrogen-bond donors (Lipinski definition) is 1. The first kappa shape index (κ1) is 9.83. The summed E-state index contributed by atoms with van der Waals surface area (Å²) < 4.78 is 0. The summed E-state index contributed by atoms with van der Waals surface area (Å²) in [4.78, 5) is 22.1. The van der Waals surface area contributed by atoms with Crippen LogP contribution in [0.15, 0.2) is 5.29 Å². The van der Waals surface area contributed by atoms with E-state index in [2.05, 4.69) is 5.29 Å². The molecule has 0 unspecified atom stereocenters. The summed E-state index contributed by atoms with van der Waals surface area (Å²) in [6.07, 6.45) is 0. The maximum Gasteiger partial charge on any atom is 0.342 e. The number of urea groups is 1. The van der Waals surface area contributed by atoms with Crippen LogP contribution in [-0.2, 0) is 0 Å². The molecule has 6 heteroatoms. The second-order valence-corrected chi connectivity index (χ2v) is 2.10. The lowest BCUT2D eigenvalue weighted by Crippen LogP contribution is -2.38. The summed E-state index contributed by atoms with van der Waals surface area (Å²) in [6, 6.07) is -0.453. The van der Waals surface area contributed by atoms with Gasteiger partial charge in [-0.2, -0.15) is 5.01 Å². The van der Waals surface area contributed by atoms with E-state index in [0.717, 1.165) is 5.01 Å². The Labute approximate surface area is 64.9 Å². The van der Waals surface area contributed by atoms with Crippen LogP contribution in [0, 0.1) is 4.91 Å². The van der Waals surface area contributed by atoms with E-state index < -0.39 is 6.03 Å². The van der Waals surface area contributed by atoms with Gasteiger partial charge in [0.05, 0.1) is 5.29 Å². The van der Waals surface area contributed by atoms with Gasteiger partial charge in [-0.25, -0.2) is 4.79 Å². The first-order valence-electron chi connectivity index (χ1n) is 3.15. The third-order valence-corrected chi connectivity index (χ3v) is 1.19. The van der Waals surface area contributed by atoms with Crippen molar-refractivity contribution in [3.05, 3.63) is 4.91 Å². The predicted octanol–water partition coefficient (Wildman–Crippen LogP) is -0.390. The smallest absolute Gasteiger partial charge is 0.329 e. The third kappa shape index (κ3) is 2.94. The van der Waals surface area contributed by atoms with Crippen molar-refractivity contribution in [3.63, 3.8) is 0 Å². The van der Waals surface area contributed by atoms with Crippen molar-refractivity contribution < 1.29 is 4.79 Å². The van der Waals surface area contributed by atoms with Crippen LogP contribution in [0.3, 0.4) is 0 Å². The van der Waals surface area contributed by atoms with Crippen LogP contribution in [-0.4, -0.2) is 43.1 Å². The Hall–Kier alpha value is -1.17. The highest BCUT2D eigenvalue weighted by Gasteiger charge is 2.12. The quantitative estimate of drug-likeness (QED) is 0.451. The van der Waals surface area contributed by atoms with Gasteiger partial charge in [0.15, 0.2) is 0 Å². The molecule has 0 aromatic rings. The highest BCUT2D eigenvalue weighted by Crippen LogP contribution is 1.91. The highest BCUT2D eigenvalue weighted by atomic mass is 16.3. The van der Waals surface area contributed by atoms with Crippen molar-refractivity contribution in [2.24, 2.45) is 11.0 Å². The van der Waals surface area contributed by atoms with Crippen molar-refractivity contribution in [1.82, 2.24) is 9.91 Å². The van der Waals surface area contributed by atoms with Gasteiger partial charge in [-0.3, -0.25) is 0 Å². The molecule has 0 rings (SSSR count). The molecule has 0 radical (unpaired) electrons. The zero-order valence-electron chi connectivity index (χ0n) is 6.65. The fraction of sp³-hybridized carbons (Fsp3) is 0.800. The maximum atomic E-state index is 11.0. The zero-order valence-corrected chi connectivity index (χ0v) is 6.65. The van der Waals surface area contributed by atoms with Gasteiger partial charge in [-0.15, -0.1) is 4.91 Å². The predicted molar refractivity (Wildman–Crippen MR) is 40.6 cm³/mol. The molecule has 64 valence electrons. The molecule has 0 bridgehead atoms. The van der Waals surface area contributed by atoms with Gasteiger partial charge in [-0.05, 0) is 0 Å². The van der Waals surface area contributed by atoms with Crippen LogP contribution in [0.1, 0.15) is 0 Å². The van der Waals surface area contributed by atoms with E-state index in [-0.39, 0.29) is 0 Å². The summed E-state index contributed by atoms with van der Waals surface area (Å²) in [5.41, 5.74) is 5.19. The molecule has 6 nitrogen and oxygen atoms in total. The van der Waals surface area contributed by atoms with Crippen LogP contribution in [0.2, 0.25) is 0 Å². The van der Waals surface area contributed by atoms with Gasteiger partial charge in [0, 0.05) is 27.2 Å². The van der Waals surface area contributed by atoms with Gasteiger partial charge in [0.1, 0.15) is 0 Å². The van der Waals surface area contributed by atoms with E-state index in [0.29, 0.717) is 13.1 Å². The Morgan fingerprint density at radius 3 is 2.45 bits per heavy atom. The van der Waals surface area contributed by atoms with Gasteiger partial charge in [0.2, 0.25) is 0 Å². The number of hydrogen-bond acceptors (Lipinski definition) is 4. The molecular formula is C5H12N4O2.